The molecule has 0 amide bonds. The van der Waals surface area contributed by atoms with E-state index in [-0.39, 0.29) is 87.2 Å². The quantitative estimate of drug-likeness (QED) is 0.0489. The summed E-state index contributed by atoms with van der Waals surface area (Å²) in [6.45, 7) is 0.182. The summed E-state index contributed by atoms with van der Waals surface area (Å²) in [5.41, 5.74) is 4.10. The number of H-pyrrole nitrogens is 1. The van der Waals surface area contributed by atoms with E-state index in [4.69, 9.17) is 8.92 Å². The van der Waals surface area contributed by atoms with Gasteiger partial charge in [0.2, 0.25) is 0 Å². The predicted molar refractivity (Wildman–Crippen MR) is 211 cm³/mol. The first kappa shape index (κ1) is 40.1. The van der Waals surface area contributed by atoms with Crippen LogP contribution >= 0.6 is 0 Å². The standard InChI is InChI=1S/C43H34N2O11S.Na/c1-55-43(51)35(26-11-19-30(49)20-12-26)40-33(24-7-15-28(47)16-8-24)37-36-31-3-2-4-32(56-57(52,53)54)38(31)44-39(36)42(50)34(25-9-17-29(48)18-10-25)41(37)45(40)22-21-23-5-13-27(46)14-6-23;/h2-20,35,44,46-50H,21-22H2,1H3,(H,52,53,54);/q;+1/p-1. The number of hydrogen-bond acceptors (Lipinski definition) is 11. The van der Waals surface area contributed by atoms with Crippen molar-refractivity contribution in [3.05, 3.63) is 132 Å². The largest absolute Gasteiger partial charge is 1.00 e. The van der Waals surface area contributed by atoms with Crippen LogP contribution in [0.1, 0.15) is 22.7 Å². The summed E-state index contributed by atoms with van der Waals surface area (Å²) in [6.07, 6.45) is 0.358. The van der Waals surface area contributed by atoms with E-state index in [1.54, 1.807) is 66.7 Å². The number of para-hydroxylation sites is 1. The summed E-state index contributed by atoms with van der Waals surface area (Å²) in [6, 6.07) is 29.7. The van der Waals surface area contributed by atoms with Gasteiger partial charge in [0.05, 0.1) is 29.2 Å². The van der Waals surface area contributed by atoms with Crippen LogP contribution in [0, 0.1) is 0 Å². The summed E-state index contributed by atoms with van der Waals surface area (Å²) in [7, 11) is -3.97. The molecule has 0 aliphatic heterocycles. The van der Waals surface area contributed by atoms with Crippen molar-refractivity contribution >= 4 is 49.1 Å². The zero-order chi connectivity index (χ0) is 40.2. The molecular formula is C43H33N2NaO11S. The third-order valence-corrected chi connectivity index (χ3v) is 10.4. The van der Waals surface area contributed by atoms with Crippen molar-refractivity contribution in [3.8, 4) is 56.8 Å². The van der Waals surface area contributed by atoms with E-state index in [1.165, 1.54) is 55.6 Å². The van der Waals surface area contributed by atoms with Crippen molar-refractivity contribution in [1.29, 1.82) is 0 Å². The second-order valence-electron chi connectivity index (χ2n) is 13.5. The maximum Gasteiger partial charge on any atom is 1.00 e. The Bertz CT molecular complexity index is 2940. The minimum absolute atomic E-state index is 0. The number of aromatic amines is 1. The summed E-state index contributed by atoms with van der Waals surface area (Å²) in [5, 5.41) is 54.8. The Morgan fingerprint density at radius 1 is 0.724 bits per heavy atom. The summed E-state index contributed by atoms with van der Waals surface area (Å²) < 4.78 is 47.9. The van der Waals surface area contributed by atoms with E-state index >= 15 is 0 Å². The number of hydrogen-bond donors (Lipinski definition) is 6. The molecular weight excluding hydrogens is 776 g/mol. The Balaban J connectivity index is 0.00000512. The fourth-order valence-corrected chi connectivity index (χ4v) is 7.99. The molecule has 2 heterocycles. The Kier molecular flexibility index (Phi) is 10.8. The number of rotatable bonds is 10. The van der Waals surface area contributed by atoms with Crippen LogP contribution in [-0.4, -0.2) is 61.1 Å². The number of fused-ring (bicyclic) bond motifs is 5. The topological polar surface area (TPSA) is 215 Å². The number of carbonyl (C=O) groups excluding carboxylic acids is 1. The van der Waals surface area contributed by atoms with E-state index in [9.17, 15) is 43.3 Å². The molecule has 2 aromatic heterocycles. The van der Waals surface area contributed by atoms with Crippen LogP contribution < -0.4 is 33.7 Å². The van der Waals surface area contributed by atoms with Crippen LogP contribution in [0.3, 0.4) is 0 Å². The van der Waals surface area contributed by atoms with E-state index in [0.29, 0.717) is 56.0 Å². The second-order valence-corrected chi connectivity index (χ2v) is 14.4. The van der Waals surface area contributed by atoms with Gasteiger partial charge >= 0.3 is 35.5 Å². The number of benzene rings is 6. The van der Waals surface area contributed by atoms with E-state index in [2.05, 4.69) is 4.98 Å². The molecule has 13 nitrogen and oxygen atoms in total. The van der Waals surface area contributed by atoms with Gasteiger partial charge in [-0.25, -0.2) is 8.42 Å². The molecule has 0 spiro atoms. The van der Waals surface area contributed by atoms with Gasteiger partial charge in [-0.15, -0.1) is 0 Å². The number of methoxy groups -OCH3 is 1. The van der Waals surface area contributed by atoms with Crippen LogP contribution in [0.5, 0.6) is 34.5 Å². The average molecular weight is 809 g/mol. The van der Waals surface area contributed by atoms with Gasteiger partial charge in [-0.05, 0) is 83.3 Å². The van der Waals surface area contributed by atoms with Crippen molar-refractivity contribution < 1.29 is 81.8 Å². The molecule has 0 saturated carbocycles. The SMILES string of the molecule is COC(=O)C(c1ccc(O)cc1)c1c(-c2ccc(O)cc2)c2c3c([nH]c4c(OS(=O)(=O)[O-])cccc43)c(O)c(-c3ccc(O)cc3)c2n1CCc1ccc(O)cc1.[Na+]. The van der Waals surface area contributed by atoms with Crippen LogP contribution in [0.4, 0.5) is 0 Å². The van der Waals surface area contributed by atoms with Crippen molar-refractivity contribution in [1.82, 2.24) is 9.55 Å². The maximum atomic E-state index is 14.3. The molecule has 0 saturated heterocycles. The van der Waals surface area contributed by atoms with Crippen LogP contribution in [0.15, 0.2) is 115 Å². The molecule has 15 heteroatoms. The third kappa shape index (κ3) is 7.27. The number of nitrogens with zero attached hydrogens (tertiary/aromatic N) is 1. The van der Waals surface area contributed by atoms with Gasteiger partial charge in [0.1, 0.15) is 34.7 Å². The Morgan fingerprint density at radius 3 is 1.81 bits per heavy atom. The monoisotopic (exact) mass is 808 g/mol. The Labute approximate surface area is 353 Å². The van der Waals surface area contributed by atoms with Gasteiger partial charge in [0.25, 0.3) is 10.4 Å². The molecule has 288 valence electrons. The average Bonchev–Trinajstić information content (AvgIpc) is 3.73. The molecule has 8 aromatic rings. The Hall–Kier alpha value is -6.16. The molecule has 0 aliphatic carbocycles. The van der Waals surface area contributed by atoms with Crippen molar-refractivity contribution in [2.75, 3.05) is 7.11 Å². The number of phenols is 5. The summed E-state index contributed by atoms with van der Waals surface area (Å²) in [4.78, 5) is 17.4. The number of esters is 1. The number of aryl methyl sites for hydroxylation is 2. The zero-order valence-electron chi connectivity index (χ0n) is 31.0. The fraction of sp³-hybridized carbons (Fsp3) is 0.0930. The van der Waals surface area contributed by atoms with E-state index in [0.717, 1.165) is 5.56 Å². The minimum atomic E-state index is -5.23. The first-order chi connectivity index (χ1) is 27.3. The van der Waals surface area contributed by atoms with Crippen LogP contribution in [-0.2, 0) is 32.9 Å². The number of aromatic hydroxyl groups is 5. The van der Waals surface area contributed by atoms with Gasteiger partial charge in [-0.2, -0.15) is 0 Å². The normalized spacial score (nSPS) is 12.1. The van der Waals surface area contributed by atoms with Crippen molar-refractivity contribution in [3.63, 3.8) is 0 Å². The van der Waals surface area contributed by atoms with Gasteiger partial charge in [0, 0.05) is 34.0 Å². The molecule has 6 aromatic carbocycles. The number of aromatic nitrogens is 2. The molecule has 1 unspecified atom stereocenters. The number of nitrogens with one attached hydrogen (secondary N) is 1. The number of carbonyl (C=O) groups is 1. The van der Waals surface area contributed by atoms with E-state index < -0.39 is 22.3 Å². The van der Waals surface area contributed by atoms with E-state index in [1.807, 2.05) is 4.57 Å². The van der Waals surface area contributed by atoms with Crippen molar-refractivity contribution in [2.45, 2.75) is 18.9 Å². The number of ether oxygens (including phenoxy) is 1. The molecule has 0 aliphatic rings. The van der Waals surface area contributed by atoms with Crippen LogP contribution in [0.25, 0.3) is 55.0 Å². The predicted octanol–water partition coefficient (Wildman–Crippen LogP) is 4.53. The first-order valence-corrected chi connectivity index (χ1v) is 18.9. The summed E-state index contributed by atoms with van der Waals surface area (Å²) in [5.74, 6) is -2.43. The molecule has 58 heavy (non-hydrogen) atoms. The van der Waals surface area contributed by atoms with Gasteiger partial charge in [-0.1, -0.05) is 60.7 Å². The van der Waals surface area contributed by atoms with Gasteiger partial charge in [0.15, 0.2) is 5.75 Å². The molecule has 6 N–H and O–H groups in total. The van der Waals surface area contributed by atoms with Gasteiger partial charge in [-0.3, -0.25) is 4.79 Å². The molecule has 0 bridgehead atoms. The number of phenolic OH excluding ortho intramolecular Hbond substituents is 5. The third-order valence-electron chi connectivity index (χ3n) is 10.1. The van der Waals surface area contributed by atoms with Gasteiger partial charge < -0.3 is 48.6 Å². The summed E-state index contributed by atoms with van der Waals surface area (Å²) >= 11 is 0. The molecule has 1 atom stereocenters. The van der Waals surface area contributed by atoms with Crippen LogP contribution in [0.2, 0.25) is 0 Å². The molecule has 0 fully saturated rings. The minimum Gasteiger partial charge on any atom is -0.716 e. The molecule has 8 rings (SSSR count). The zero-order valence-corrected chi connectivity index (χ0v) is 33.8. The van der Waals surface area contributed by atoms with Crippen molar-refractivity contribution in [2.24, 2.45) is 0 Å². The first-order valence-electron chi connectivity index (χ1n) is 17.6. The maximum absolute atomic E-state index is 14.3. The molecule has 0 radical (unpaired) electrons. The fourth-order valence-electron chi connectivity index (χ4n) is 7.63. The second kappa shape index (κ2) is 15.6. The Morgan fingerprint density at radius 2 is 1.26 bits per heavy atom. The smallest absolute Gasteiger partial charge is 0.716 e.